The van der Waals surface area contributed by atoms with Crippen LogP contribution in [0, 0.1) is 12.7 Å². The number of halogens is 2. The minimum absolute atomic E-state index is 0.202. The lowest BCUT2D eigenvalue weighted by molar-refractivity contribution is 0.301. The minimum atomic E-state index is -0.299. The van der Waals surface area contributed by atoms with E-state index in [9.17, 15) is 9.50 Å². The van der Waals surface area contributed by atoms with Crippen molar-refractivity contribution in [3.63, 3.8) is 0 Å². The fourth-order valence-electron chi connectivity index (χ4n) is 1.55. The largest absolute Gasteiger partial charge is 0.508 e. The van der Waals surface area contributed by atoms with Crippen molar-refractivity contribution in [3.8, 4) is 11.5 Å². The van der Waals surface area contributed by atoms with E-state index in [0.29, 0.717) is 22.4 Å². The fourth-order valence-corrected chi connectivity index (χ4v) is 1.98. The van der Waals surface area contributed by atoms with Crippen molar-refractivity contribution in [3.05, 3.63) is 57.8 Å². The Morgan fingerprint density at radius 3 is 2.78 bits per heavy atom. The molecule has 0 radical (unpaired) electrons. The molecule has 0 aliphatic heterocycles. The van der Waals surface area contributed by atoms with Crippen LogP contribution in [0.2, 0.25) is 0 Å². The standard InChI is InChI=1S/C14H12BrFO2/c1-9-13(17)3-2-4-14(9)18-8-10-5-6-12(16)11(15)7-10/h2-7,17H,8H2,1H3. The number of aromatic hydroxyl groups is 1. The van der Waals surface area contributed by atoms with Gasteiger partial charge in [0.05, 0.1) is 4.47 Å². The second kappa shape index (κ2) is 5.40. The maximum Gasteiger partial charge on any atom is 0.137 e. The van der Waals surface area contributed by atoms with Gasteiger partial charge in [-0.2, -0.15) is 0 Å². The molecule has 0 aliphatic carbocycles. The van der Waals surface area contributed by atoms with Crippen molar-refractivity contribution in [2.24, 2.45) is 0 Å². The normalized spacial score (nSPS) is 10.4. The molecule has 0 saturated carbocycles. The van der Waals surface area contributed by atoms with E-state index in [1.54, 1.807) is 37.3 Å². The highest BCUT2D eigenvalue weighted by Gasteiger charge is 2.05. The monoisotopic (exact) mass is 310 g/mol. The molecule has 18 heavy (non-hydrogen) atoms. The number of ether oxygens (including phenoxy) is 1. The zero-order chi connectivity index (χ0) is 13.1. The Balaban J connectivity index is 2.11. The molecule has 0 fully saturated rings. The Morgan fingerprint density at radius 1 is 1.28 bits per heavy atom. The summed E-state index contributed by atoms with van der Waals surface area (Å²) < 4.78 is 19.1. The molecule has 2 nitrogen and oxygen atoms in total. The molecule has 0 atom stereocenters. The first-order valence-electron chi connectivity index (χ1n) is 5.43. The molecule has 0 spiro atoms. The van der Waals surface area contributed by atoms with Crippen LogP contribution >= 0.6 is 15.9 Å². The minimum Gasteiger partial charge on any atom is -0.508 e. The Labute approximate surface area is 113 Å². The first kappa shape index (κ1) is 12.9. The van der Waals surface area contributed by atoms with Gasteiger partial charge in [0, 0.05) is 5.56 Å². The predicted octanol–water partition coefficient (Wildman–Crippen LogP) is 4.18. The summed E-state index contributed by atoms with van der Waals surface area (Å²) >= 11 is 3.13. The lowest BCUT2D eigenvalue weighted by atomic mass is 10.2. The van der Waals surface area contributed by atoms with Crippen LogP contribution in [0.25, 0.3) is 0 Å². The van der Waals surface area contributed by atoms with Crippen molar-refractivity contribution < 1.29 is 14.2 Å². The van der Waals surface area contributed by atoms with Gasteiger partial charge in [0.15, 0.2) is 0 Å². The highest BCUT2D eigenvalue weighted by Crippen LogP contribution is 2.27. The summed E-state index contributed by atoms with van der Waals surface area (Å²) in [5, 5.41) is 9.54. The van der Waals surface area contributed by atoms with Crippen LogP contribution in [0.3, 0.4) is 0 Å². The quantitative estimate of drug-likeness (QED) is 0.921. The van der Waals surface area contributed by atoms with Crippen LogP contribution in [0.5, 0.6) is 11.5 Å². The number of phenolic OH excluding ortho intramolecular Hbond substituents is 1. The summed E-state index contributed by atoms with van der Waals surface area (Å²) in [7, 11) is 0. The van der Waals surface area contributed by atoms with E-state index in [1.807, 2.05) is 0 Å². The van der Waals surface area contributed by atoms with Crippen LogP contribution < -0.4 is 4.74 Å². The maximum absolute atomic E-state index is 13.1. The SMILES string of the molecule is Cc1c(O)cccc1OCc1ccc(F)c(Br)c1. The van der Waals surface area contributed by atoms with E-state index >= 15 is 0 Å². The fraction of sp³-hybridized carbons (Fsp3) is 0.143. The lowest BCUT2D eigenvalue weighted by Crippen LogP contribution is -1.97. The van der Waals surface area contributed by atoms with E-state index in [2.05, 4.69) is 15.9 Å². The highest BCUT2D eigenvalue weighted by molar-refractivity contribution is 9.10. The lowest BCUT2D eigenvalue weighted by Gasteiger charge is -2.10. The summed E-state index contributed by atoms with van der Waals surface area (Å²) in [5.74, 6) is 0.524. The van der Waals surface area contributed by atoms with Crippen LogP contribution in [-0.4, -0.2) is 5.11 Å². The molecule has 1 N–H and O–H groups in total. The maximum atomic E-state index is 13.1. The van der Waals surface area contributed by atoms with E-state index in [4.69, 9.17) is 4.74 Å². The van der Waals surface area contributed by atoms with E-state index < -0.39 is 0 Å². The molecular weight excluding hydrogens is 299 g/mol. The highest BCUT2D eigenvalue weighted by atomic mass is 79.9. The molecule has 94 valence electrons. The van der Waals surface area contributed by atoms with Gasteiger partial charge in [0.1, 0.15) is 23.9 Å². The summed E-state index contributed by atoms with van der Waals surface area (Å²) in [4.78, 5) is 0. The summed E-state index contributed by atoms with van der Waals surface area (Å²) in [6.07, 6.45) is 0. The molecule has 2 aromatic rings. The molecule has 0 bridgehead atoms. The van der Waals surface area contributed by atoms with Gasteiger partial charge in [-0.15, -0.1) is 0 Å². The van der Waals surface area contributed by atoms with Crippen molar-refractivity contribution in [1.29, 1.82) is 0 Å². The Hall–Kier alpha value is -1.55. The van der Waals surface area contributed by atoms with Crippen molar-refractivity contribution >= 4 is 15.9 Å². The van der Waals surface area contributed by atoms with Crippen LogP contribution in [0.15, 0.2) is 40.9 Å². The van der Waals surface area contributed by atoms with Gasteiger partial charge in [-0.25, -0.2) is 4.39 Å². The third-order valence-electron chi connectivity index (χ3n) is 2.63. The average Bonchev–Trinajstić information content (AvgIpc) is 2.35. The summed E-state index contributed by atoms with van der Waals surface area (Å²) in [6.45, 7) is 2.11. The van der Waals surface area contributed by atoms with Gasteiger partial charge < -0.3 is 9.84 Å². The van der Waals surface area contributed by atoms with Gasteiger partial charge in [-0.3, -0.25) is 0 Å². The van der Waals surface area contributed by atoms with Crippen molar-refractivity contribution in [2.75, 3.05) is 0 Å². The van der Waals surface area contributed by atoms with E-state index in [1.165, 1.54) is 6.07 Å². The summed E-state index contributed by atoms with van der Waals surface area (Å²) in [6, 6.07) is 9.84. The van der Waals surface area contributed by atoms with Gasteiger partial charge in [0.2, 0.25) is 0 Å². The Bertz CT molecular complexity index is 570. The smallest absolute Gasteiger partial charge is 0.137 e. The predicted molar refractivity (Wildman–Crippen MR) is 71.3 cm³/mol. The van der Waals surface area contributed by atoms with Crippen LogP contribution in [0.4, 0.5) is 4.39 Å². The summed E-state index contributed by atoms with van der Waals surface area (Å²) in [5.41, 5.74) is 1.55. The number of hydrogen-bond donors (Lipinski definition) is 1. The molecule has 0 aliphatic rings. The van der Waals surface area contributed by atoms with Gasteiger partial charge in [0.25, 0.3) is 0 Å². The third-order valence-corrected chi connectivity index (χ3v) is 3.24. The third kappa shape index (κ3) is 2.82. The van der Waals surface area contributed by atoms with Gasteiger partial charge >= 0.3 is 0 Å². The first-order chi connectivity index (χ1) is 8.58. The molecule has 0 amide bonds. The second-order valence-electron chi connectivity index (χ2n) is 3.94. The topological polar surface area (TPSA) is 29.5 Å². The second-order valence-corrected chi connectivity index (χ2v) is 4.79. The van der Waals surface area contributed by atoms with Crippen molar-refractivity contribution in [2.45, 2.75) is 13.5 Å². The molecule has 2 rings (SSSR count). The average molecular weight is 311 g/mol. The van der Waals surface area contributed by atoms with Crippen molar-refractivity contribution in [1.82, 2.24) is 0 Å². The Morgan fingerprint density at radius 2 is 2.06 bits per heavy atom. The Kier molecular flexibility index (Phi) is 3.87. The zero-order valence-corrected chi connectivity index (χ0v) is 11.4. The zero-order valence-electron chi connectivity index (χ0n) is 9.78. The van der Waals surface area contributed by atoms with Gasteiger partial charge in [-0.05, 0) is 52.7 Å². The number of hydrogen-bond acceptors (Lipinski definition) is 2. The van der Waals surface area contributed by atoms with Crippen LogP contribution in [-0.2, 0) is 6.61 Å². The molecular formula is C14H12BrFO2. The van der Waals surface area contributed by atoms with E-state index in [0.717, 1.165) is 5.56 Å². The number of benzene rings is 2. The molecule has 4 heteroatoms. The number of phenols is 1. The van der Waals surface area contributed by atoms with Crippen LogP contribution in [0.1, 0.15) is 11.1 Å². The molecule has 2 aromatic carbocycles. The molecule has 0 saturated heterocycles. The van der Waals surface area contributed by atoms with Gasteiger partial charge in [-0.1, -0.05) is 12.1 Å². The number of rotatable bonds is 3. The van der Waals surface area contributed by atoms with E-state index in [-0.39, 0.29) is 11.6 Å². The first-order valence-corrected chi connectivity index (χ1v) is 6.22. The molecule has 0 heterocycles. The molecule has 0 aromatic heterocycles. The molecule has 0 unspecified atom stereocenters.